The van der Waals surface area contributed by atoms with Crippen molar-refractivity contribution in [1.29, 1.82) is 0 Å². The zero-order chi connectivity index (χ0) is 67.7. The van der Waals surface area contributed by atoms with Crippen LogP contribution in [0.3, 0.4) is 0 Å². The molecule has 6 aliphatic heterocycles. The number of carbonyl (C=O) groups is 3. The number of carbonyl (C=O) groups excluding carboxylic acids is 3. The predicted molar refractivity (Wildman–Crippen MR) is 430 cm³/mol. The van der Waals surface area contributed by atoms with Crippen LogP contribution in [0.1, 0.15) is 131 Å². The number of aliphatic imine (C=N–C) groups is 2. The van der Waals surface area contributed by atoms with Crippen LogP contribution in [0.5, 0.6) is 0 Å². The fraction of sp³-hybridized carbons (Fsp3) is 0.296. The first-order valence-corrected chi connectivity index (χ1v) is 34.5. The van der Waals surface area contributed by atoms with E-state index in [0.29, 0.717) is 78.4 Å². The lowest BCUT2D eigenvalue weighted by atomic mass is 9.95. The maximum Gasteiger partial charge on any atom is 0.410 e. The highest BCUT2D eigenvalue weighted by Gasteiger charge is 2.38. The number of nitrogens with one attached hydrogen (secondary N) is 3. The third kappa shape index (κ3) is 16.5. The molecular weight excluding hydrogens is 1370 g/mol. The molecule has 0 radical (unpaired) electrons. The van der Waals surface area contributed by atoms with E-state index >= 15 is 0 Å². The lowest BCUT2D eigenvalue weighted by Crippen LogP contribution is -2.43. The number of likely N-dealkylation sites (tertiary alicyclic amines) is 3. The van der Waals surface area contributed by atoms with Crippen molar-refractivity contribution in [1.82, 2.24) is 40.0 Å². The van der Waals surface area contributed by atoms with Gasteiger partial charge in [-0.3, -0.25) is 34.3 Å². The second kappa shape index (κ2) is 32.5. The van der Waals surface area contributed by atoms with Gasteiger partial charge >= 0.3 is 18.3 Å². The van der Waals surface area contributed by atoms with Crippen molar-refractivity contribution in [2.45, 2.75) is 128 Å². The third-order valence-electron chi connectivity index (χ3n) is 19.8. The van der Waals surface area contributed by atoms with Crippen molar-refractivity contribution >= 4 is 138 Å². The van der Waals surface area contributed by atoms with Gasteiger partial charge in [-0.25, -0.2) is 24.4 Å². The number of amides is 3. The van der Waals surface area contributed by atoms with Crippen molar-refractivity contribution in [2.75, 3.05) is 26.2 Å². The number of fused-ring (bicyclic) bond motifs is 4. The SMILES string of the molecule is CC(C)(C)OC(=O)N1CCC[C@H]1C1=NC=C(c2ccc3cc(-c4ccc5c(=O)[nH]c([C@@H]6CCCN6C(=O)OCc6ccccc6)nc5c4)ccc3c2)C1.O=C(OCc1ccccc1)N1CCC[C@H]1c1nc2cc(-c3ccc4cc(C5=CN=C([C@@H]6CCCN6)C5)ccc4c3)ccc2c(=O)[nH]1.S.S.S.S. The van der Waals surface area contributed by atoms with E-state index in [2.05, 4.69) is 88.1 Å². The Balaban J connectivity index is 0.000000201. The fourth-order valence-corrected chi connectivity index (χ4v) is 14.7. The number of benzene rings is 8. The van der Waals surface area contributed by atoms with Gasteiger partial charge in [-0.1, -0.05) is 121 Å². The average Bonchev–Trinajstić information content (AvgIpc) is 1.77. The average molecular weight is 1460 g/mol. The molecule has 18 nitrogen and oxygen atoms in total. The Labute approximate surface area is 625 Å². The second-order valence-electron chi connectivity index (χ2n) is 27.6. The van der Waals surface area contributed by atoms with Gasteiger partial charge in [-0.2, -0.15) is 54.0 Å². The molecule has 0 unspecified atom stereocenters. The number of hydrogen-bond donors (Lipinski definition) is 3. The topological polar surface area (TPSA) is 217 Å². The highest BCUT2D eigenvalue weighted by molar-refractivity contribution is 7.59. The molecule has 4 fully saturated rings. The van der Waals surface area contributed by atoms with E-state index in [1.807, 2.05) is 135 Å². The minimum atomic E-state index is -0.538. The minimum absolute atomic E-state index is 0. The van der Waals surface area contributed by atoms with Gasteiger partial charge in [-0.15, -0.1) is 0 Å². The number of hydrogen-bond acceptors (Lipinski definition) is 13. The van der Waals surface area contributed by atoms with Gasteiger partial charge in [0.15, 0.2) is 0 Å². The van der Waals surface area contributed by atoms with Crippen molar-refractivity contribution in [3.05, 3.63) is 237 Å². The van der Waals surface area contributed by atoms with Crippen LogP contribution in [0.4, 0.5) is 14.4 Å². The molecule has 6 aliphatic rings. The summed E-state index contributed by atoms with van der Waals surface area (Å²) in [5.41, 5.74) is 13.0. The van der Waals surface area contributed by atoms with Crippen LogP contribution in [-0.4, -0.2) is 108 Å². The molecule has 532 valence electrons. The summed E-state index contributed by atoms with van der Waals surface area (Å²) in [7, 11) is 0. The molecule has 0 aliphatic carbocycles. The minimum Gasteiger partial charge on any atom is -0.445 e. The summed E-state index contributed by atoms with van der Waals surface area (Å²) in [5.74, 6) is 0.964. The lowest BCUT2D eigenvalue weighted by Gasteiger charge is -2.28. The molecule has 0 saturated carbocycles. The predicted octanol–water partition coefficient (Wildman–Crippen LogP) is 16.4. The molecule has 2 aromatic heterocycles. The van der Waals surface area contributed by atoms with E-state index in [-0.39, 0.29) is 103 Å². The molecule has 8 aromatic carbocycles. The first kappa shape index (κ1) is 74.7. The number of allylic oxidation sites excluding steroid dienone is 2. The molecule has 4 saturated heterocycles. The van der Waals surface area contributed by atoms with Crippen LogP contribution in [0.25, 0.3) is 76.8 Å². The van der Waals surface area contributed by atoms with E-state index in [1.165, 1.54) is 35.1 Å². The zero-order valence-electron chi connectivity index (χ0n) is 57.8. The highest BCUT2D eigenvalue weighted by atomic mass is 32.1. The number of H-pyrrole nitrogens is 2. The van der Waals surface area contributed by atoms with E-state index in [4.69, 9.17) is 34.2 Å². The van der Waals surface area contributed by atoms with Crippen LogP contribution < -0.4 is 16.4 Å². The smallest absolute Gasteiger partial charge is 0.410 e. The maximum absolute atomic E-state index is 13.2. The summed E-state index contributed by atoms with van der Waals surface area (Å²) < 4.78 is 16.9. The number of aromatic amines is 2. The van der Waals surface area contributed by atoms with E-state index in [9.17, 15) is 24.0 Å². The summed E-state index contributed by atoms with van der Waals surface area (Å²) in [6.45, 7) is 8.92. The molecule has 103 heavy (non-hydrogen) atoms. The van der Waals surface area contributed by atoms with Gasteiger partial charge in [0.2, 0.25) is 0 Å². The van der Waals surface area contributed by atoms with Crippen LogP contribution in [0.15, 0.2) is 202 Å². The number of rotatable bonds is 12. The van der Waals surface area contributed by atoms with Gasteiger partial charge in [0.1, 0.15) is 30.5 Å². The highest BCUT2D eigenvalue weighted by Crippen LogP contribution is 2.38. The second-order valence-corrected chi connectivity index (χ2v) is 27.6. The van der Waals surface area contributed by atoms with Crippen molar-refractivity contribution in [3.63, 3.8) is 0 Å². The number of ether oxygens (including phenoxy) is 3. The number of aromatic nitrogens is 4. The van der Waals surface area contributed by atoms with Crippen LogP contribution in [-0.2, 0) is 27.4 Å². The zero-order valence-corrected chi connectivity index (χ0v) is 61.8. The normalized spacial score (nSPS) is 18.4. The molecule has 0 bridgehead atoms. The van der Waals surface area contributed by atoms with Crippen molar-refractivity contribution < 1.29 is 28.6 Å². The first-order chi connectivity index (χ1) is 48.2. The van der Waals surface area contributed by atoms with Crippen LogP contribution >= 0.6 is 54.0 Å². The molecule has 22 heteroatoms. The van der Waals surface area contributed by atoms with E-state index < -0.39 is 17.8 Å². The lowest BCUT2D eigenvalue weighted by molar-refractivity contribution is 0.0265. The monoisotopic (exact) mass is 1450 g/mol. The Kier molecular flexibility index (Phi) is 23.6. The van der Waals surface area contributed by atoms with E-state index in [1.54, 1.807) is 9.80 Å². The Morgan fingerprint density at radius 2 is 0.854 bits per heavy atom. The Hall–Kier alpha value is -9.45. The molecular formula is C81H86N10O8S4. The molecule has 8 heterocycles. The molecule has 3 amide bonds. The van der Waals surface area contributed by atoms with Gasteiger partial charge in [0, 0.05) is 62.3 Å². The third-order valence-corrected chi connectivity index (χ3v) is 19.8. The summed E-state index contributed by atoms with van der Waals surface area (Å²) in [5, 5.41) is 9.10. The Bertz CT molecular complexity index is 5070. The van der Waals surface area contributed by atoms with Gasteiger partial charge in [0.25, 0.3) is 11.1 Å². The summed E-state index contributed by atoms with van der Waals surface area (Å²) in [6, 6.07) is 56.2. The Morgan fingerprint density at radius 1 is 0.456 bits per heavy atom. The molecule has 16 rings (SSSR count). The standard InChI is InChI=1S/C43H43N5O5.C38H35N5O3.4H2S/c1-43(2,3)53-42(51)47-19-7-11-37(47)36-24-33(25-44-36)31-16-15-28-21-30(14-13-29(28)22-31)32-17-18-34-35(23-32)45-39(46-40(34)49)38-12-8-20-48(38)41(50)52-26-27-9-5-4-6-10-27;44-37-31-15-14-29(20-33(31)41-36(42-37)35-9-5-17-43(35)38(45)46-23-24-6-2-1-3-7-24)27-11-10-26-19-28(13-12-25(26)18-27)30-21-34(40-22-30)32-8-4-16-39-32;;;;/h4-6,9-10,13-18,21-23,25,37-38H,7-8,11-12,19-20,24,26H2,1-3H3,(H,45,46,49);1-3,6-7,10-15,18-20,22,32,35,39H,4-5,8-9,16-17,21,23H2,(H,41,42,44);4*1H2/t37-,38-;32-,35-;;;;/m00..../s1. The maximum atomic E-state index is 13.2. The van der Waals surface area contributed by atoms with Crippen molar-refractivity contribution in [3.8, 4) is 22.3 Å². The summed E-state index contributed by atoms with van der Waals surface area (Å²) >= 11 is 0. The molecule has 0 spiro atoms. The molecule has 3 N–H and O–H groups in total. The van der Waals surface area contributed by atoms with E-state index in [0.717, 1.165) is 105 Å². The van der Waals surface area contributed by atoms with Gasteiger partial charge in [0.05, 0.1) is 39.9 Å². The number of nitrogens with zero attached hydrogens (tertiary/aromatic N) is 7. The van der Waals surface area contributed by atoms with Gasteiger partial charge < -0.3 is 29.5 Å². The summed E-state index contributed by atoms with van der Waals surface area (Å²) in [4.78, 5) is 95.8. The summed E-state index contributed by atoms with van der Waals surface area (Å²) in [6.07, 6.45) is 11.7. The fourth-order valence-electron chi connectivity index (χ4n) is 14.7. The first-order valence-electron chi connectivity index (χ1n) is 34.5. The molecule has 4 atom stereocenters. The van der Waals surface area contributed by atoms with Gasteiger partial charge in [-0.05, 0) is 204 Å². The quantitative estimate of drug-likeness (QED) is 0.0978. The Morgan fingerprint density at radius 3 is 1.30 bits per heavy atom. The largest absolute Gasteiger partial charge is 0.445 e. The van der Waals surface area contributed by atoms with Crippen LogP contribution in [0, 0.1) is 0 Å². The van der Waals surface area contributed by atoms with Crippen LogP contribution in [0.2, 0.25) is 0 Å². The molecule has 10 aromatic rings. The van der Waals surface area contributed by atoms with Crippen molar-refractivity contribution in [2.24, 2.45) is 9.98 Å².